The standard InChI is InChI=1S/C18H32O3Si/c1-8-21-18(20)13-17(19)11-9-10-12-22(14(2)3,15(4)5)16(6)7/h14-16H,8-9,11,13H2,1-7H3. The molecule has 0 rings (SSSR count). The molecule has 0 aliphatic heterocycles. The van der Waals surface area contributed by atoms with E-state index in [2.05, 4.69) is 53.0 Å². The van der Waals surface area contributed by atoms with E-state index in [4.69, 9.17) is 4.74 Å². The predicted octanol–water partition coefficient (Wildman–Crippen LogP) is 4.51. The zero-order chi connectivity index (χ0) is 17.3. The number of ketones is 1. The number of esters is 1. The Kier molecular flexibility index (Phi) is 9.35. The minimum atomic E-state index is -1.71. The van der Waals surface area contributed by atoms with Crippen molar-refractivity contribution in [1.82, 2.24) is 0 Å². The summed E-state index contributed by atoms with van der Waals surface area (Å²) in [6, 6.07) is 0. The molecule has 0 N–H and O–H groups in total. The fourth-order valence-corrected chi connectivity index (χ4v) is 8.61. The molecule has 0 heterocycles. The highest BCUT2D eigenvalue weighted by Crippen LogP contribution is 2.40. The molecule has 0 amide bonds. The van der Waals surface area contributed by atoms with Crippen LogP contribution in [0, 0.1) is 11.5 Å². The Morgan fingerprint density at radius 2 is 1.50 bits per heavy atom. The minimum Gasteiger partial charge on any atom is -0.466 e. The first-order valence-electron chi connectivity index (χ1n) is 8.35. The molecule has 22 heavy (non-hydrogen) atoms. The number of hydrogen-bond acceptors (Lipinski definition) is 3. The van der Waals surface area contributed by atoms with Crippen LogP contribution in [0.5, 0.6) is 0 Å². The third-order valence-corrected chi connectivity index (χ3v) is 10.7. The van der Waals surface area contributed by atoms with Gasteiger partial charge in [0, 0.05) is 12.8 Å². The maximum Gasteiger partial charge on any atom is 0.313 e. The molecule has 0 aliphatic carbocycles. The molecule has 0 saturated heterocycles. The summed E-state index contributed by atoms with van der Waals surface area (Å²) in [5, 5.41) is 0. The minimum absolute atomic E-state index is 0.0846. The molecule has 0 radical (unpaired) electrons. The van der Waals surface area contributed by atoms with Crippen LogP contribution in [0.25, 0.3) is 0 Å². The number of hydrogen-bond donors (Lipinski definition) is 0. The van der Waals surface area contributed by atoms with Gasteiger partial charge in [0.2, 0.25) is 0 Å². The first-order valence-corrected chi connectivity index (χ1v) is 10.6. The molecule has 0 aliphatic rings. The van der Waals surface area contributed by atoms with Crippen molar-refractivity contribution in [3.63, 3.8) is 0 Å². The lowest BCUT2D eigenvalue weighted by Crippen LogP contribution is -2.43. The highest BCUT2D eigenvalue weighted by atomic mass is 28.3. The number of rotatable bonds is 8. The quantitative estimate of drug-likeness (QED) is 0.285. The molecule has 0 unspecified atom stereocenters. The van der Waals surface area contributed by atoms with Crippen molar-refractivity contribution >= 4 is 19.8 Å². The smallest absolute Gasteiger partial charge is 0.313 e. The summed E-state index contributed by atoms with van der Waals surface area (Å²) in [7, 11) is -1.71. The monoisotopic (exact) mass is 324 g/mol. The van der Waals surface area contributed by atoms with Gasteiger partial charge in [-0.05, 0) is 23.5 Å². The zero-order valence-corrected chi connectivity index (χ0v) is 16.3. The first kappa shape index (κ1) is 20.9. The Hall–Kier alpha value is -1.08. The van der Waals surface area contributed by atoms with Crippen LogP contribution in [0.15, 0.2) is 0 Å². The van der Waals surface area contributed by atoms with Crippen LogP contribution >= 0.6 is 0 Å². The van der Waals surface area contributed by atoms with Crippen LogP contribution in [-0.4, -0.2) is 26.4 Å². The van der Waals surface area contributed by atoms with Gasteiger partial charge in [-0.15, -0.1) is 11.5 Å². The molecule has 0 aromatic rings. The molecule has 126 valence electrons. The van der Waals surface area contributed by atoms with E-state index < -0.39 is 14.0 Å². The lowest BCUT2D eigenvalue weighted by atomic mass is 10.2. The van der Waals surface area contributed by atoms with Gasteiger partial charge in [-0.3, -0.25) is 9.59 Å². The Balaban J connectivity index is 4.71. The third-order valence-electron chi connectivity index (χ3n) is 4.35. The van der Waals surface area contributed by atoms with Crippen LogP contribution in [0.4, 0.5) is 0 Å². The third kappa shape index (κ3) is 5.96. The van der Waals surface area contributed by atoms with Gasteiger partial charge in [-0.2, -0.15) is 0 Å². The van der Waals surface area contributed by atoms with E-state index in [-0.39, 0.29) is 12.2 Å². The summed E-state index contributed by atoms with van der Waals surface area (Å²) in [4.78, 5) is 22.9. The maximum absolute atomic E-state index is 11.7. The summed E-state index contributed by atoms with van der Waals surface area (Å²) in [5.41, 5.74) is 5.36. The second-order valence-corrected chi connectivity index (χ2v) is 12.3. The van der Waals surface area contributed by atoms with E-state index in [1.54, 1.807) is 6.92 Å². The van der Waals surface area contributed by atoms with Crippen LogP contribution < -0.4 is 0 Å². The second kappa shape index (κ2) is 9.84. The average Bonchev–Trinajstić information content (AvgIpc) is 2.37. The van der Waals surface area contributed by atoms with Crippen LogP contribution in [0.2, 0.25) is 16.6 Å². The van der Waals surface area contributed by atoms with Crippen LogP contribution in [0.3, 0.4) is 0 Å². The average molecular weight is 325 g/mol. The number of carbonyl (C=O) groups excluding carboxylic acids is 2. The Morgan fingerprint density at radius 1 is 1.00 bits per heavy atom. The normalized spacial score (nSPS) is 11.5. The Labute approximate surface area is 137 Å². The molecule has 0 saturated carbocycles. The van der Waals surface area contributed by atoms with Crippen molar-refractivity contribution in [3.8, 4) is 11.5 Å². The van der Waals surface area contributed by atoms with Crippen molar-refractivity contribution in [1.29, 1.82) is 0 Å². The zero-order valence-electron chi connectivity index (χ0n) is 15.3. The lowest BCUT2D eigenvalue weighted by Gasteiger charge is -2.38. The second-order valence-electron chi connectivity index (χ2n) is 6.72. The summed E-state index contributed by atoms with van der Waals surface area (Å²) in [5.74, 6) is 2.73. The van der Waals surface area contributed by atoms with E-state index in [0.717, 1.165) is 0 Å². The Bertz CT molecular complexity index is 406. The lowest BCUT2D eigenvalue weighted by molar-refractivity contribution is -0.145. The molecule has 4 heteroatoms. The van der Waals surface area contributed by atoms with Crippen LogP contribution in [0.1, 0.15) is 67.7 Å². The molecule has 0 atom stereocenters. The topological polar surface area (TPSA) is 43.4 Å². The predicted molar refractivity (Wildman–Crippen MR) is 94.3 cm³/mol. The number of carbonyl (C=O) groups is 2. The first-order chi connectivity index (χ1) is 10.2. The van der Waals surface area contributed by atoms with E-state index >= 15 is 0 Å². The van der Waals surface area contributed by atoms with Crippen LogP contribution in [-0.2, 0) is 14.3 Å². The molecule has 0 spiro atoms. The molecule has 0 aromatic heterocycles. The van der Waals surface area contributed by atoms with Gasteiger partial charge in [0.1, 0.15) is 20.3 Å². The van der Waals surface area contributed by atoms with E-state index in [1.165, 1.54) is 0 Å². The molecule has 0 bridgehead atoms. The SMILES string of the molecule is CCOC(=O)CC(=O)CCC#C[Si](C(C)C)(C(C)C)C(C)C. The molecule has 3 nitrogen and oxygen atoms in total. The Morgan fingerprint density at radius 3 is 1.91 bits per heavy atom. The van der Waals surface area contributed by atoms with Gasteiger partial charge in [-0.1, -0.05) is 41.5 Å². The van der Waals surface area contributed by atoms with Crippen molar-refractivity contribution in [3.05, 3.63) is 0 Å². The van der Waals surface area contributed by atoms with Crippen molar-refractivity contribution < 1.29 is 14.3 Å². The van der Waals surface area contributed by atoms with Crippen molar-refractivity contribution in [2.45, 2.75) is 84.4 Å². The molecule has 0 fully saturated rings. The van der Waals surface area contributed by atoms with Crippen molar-refractivity contribution in [2.24, 2.45) is 0 Å². The van der Waals surface area contributed by atoms with Gasteiger partial charge in [0.25, 0.3) is 0 Å². The highest BCUT2D eigenvalue weighted by molar-refractivity contribution is 6.90. The number of Topliss-reactive ketones (excluding diaryl/α,β-unsaturated/α-hetero) is 1. The van der Waals surface area contributed by atoms with Gasteiger partial charge < -0.3 is 4.74 Å². The van der Waals surface area contributed by atoms with E-state index in [0.29, 0.717) is 36.1 Å². The van der Waals surface area contributed by atoms with E-state index in [1.807, 2.05) is 0 Å². The summed E-state index contributed by atoms with van der Waals surface area (Å²) < 4.78 is 4.78. The summed E-state index contributed by atoms with van der Waals surface area (Å²) >= 11 is 0. The fourth-order valence-electron chi connectivity index (χ4n) is 3.31. The summed E-state index contributed by atoms with van der Waals surface area (Å²) in [6.45, 7) is 15.7. The van der Waals surface area contributed by atoms with Gasteiger partial charge in [0.05, 0.1) is 6.61 Å². The molecular formula is C18H32O3Si. The van der Waals surface area contributed by atoms with Gasteiger partial charge in [-0.25, -0.2) is 0 Å². The van der Waals surface area contributed by atoms with E-state index in [9.17, 15) is 9.59 Å². The van der Waals surface area contributed by atoms with Crippen molar-refractivity contribution in [2.75, 3.05) is 6.61 Å². The maximum atomic E-state index is 11.7. The fraction of sp³-hybridized carbons (Fsp3) is 0.778. The summed E-state index contributed by atoms with van der Waals surface area (Å²) in [6.07, 6.45) is 0.750. The highest BCUT2D eigenvalue weighted by Gasteiger charge is 2.41. The molecular weight excluding hydrogens is 292 g/mol. The van der Waals surface area contributed by atoms with Gasteiger partial charge in [0.15, 0.2) is 0 Å². The molecule has 0 aromatic carbocycles. The van der Waals surface area contributed by atoms with Gasteiger partial charge >= 0.3 is 5.97 Å². The largest absolute Gasteiger partial charge is 0.466 e. The number of ether oxygens (including phenoxy) is 1.